The minimum Gasteiger partial charge on any atom is -0.394 e. The second kappa shape index (κ2) is 8.56. The first kappa shape index (κ1) is 13.0. The van der Waals surface area contributed by atoms with E-state index in [1.807, 2.05) is 6.08 Å². The SMILES string of the molecule is C=CCCCC[C@H](N=[N+]=[N-])[C@H](O)CO. The maximum Gasteiger partial charge on any atom is 0.0855 e. The van der Waals surface area contributed by atoms with Crippen LogP contribution in [-0.2, 0) is 0 Å². The molecule has 0 unspecified atom stereocenters. The minimum absolute atomic E-state index is 0.370. The van der Waals surface area contributed by atoms with Gasteiger partial charge in [0.1, 0.15) is 0 Å². The molecule has 5 heteroatoms. The Morgan fingerprint density at radius 3 is 2.71 bits per heavy atom. The van der Waals surface area contributed by atoms with Crippen molar-refractivity contribution >= 4 is 0 Å². The second-order valence-corrected chi connectivity index (χ2v) is 3.10. The molecule has 0 aliphatic carbocycles. The van der Waals surface area contributed by atoms with Gasteiger partial charge in [-0.15, -0.1) is 6.58 Å². The summed E-state index contributed by atoms with van der Waals surface area (Å²) in [5.41, 5.74) is 8.23. The van der Waals surface area contributed by atoms with Crippen LogP contribution >= 0.6 is 0 Å². The third-order valence-electron chi connectivity index (χ3n) is 1.99. The van der Waals surface area contributed by atoms with Crippen LogP contribution < -0.4 is 0 Å². The van der Waals surface area contributed by atoms with Crippen LogP contribution in [0.2, 0.25) is 0 Å². The Morgan fingerprint density at radius 2 is 2.21 bits per heavy atom. The summed E-state index contributed by atoms with van der Waals surface area (Å²) in [5, 5.41) is 21.4. The molecular weight excluding hydrogens is 182 g/mol. The Labute approximate surface area is 83.7 Å². The number of hydrogen-bond acceptors (Lipinski definition) is 3. The van der Waals surface area contributed by atoms with E-state index in [0.717, 1.165) is 19.3 Å². The summed E-state index contributed by atoms with van der Waals surface area (Å²) >= 11 is 0. The van der Waals surface area contributed by atoms with E-state index in [1.165, 1.54) is 0 Å². The summed E-state index contributed by atoms with van der Waals surface area (Å²) in [7, 11) is 0. The fraction of sp³-hybridized carbons (Fsp3) is 0.778. The maximum absolute atomic E-state index is 9.27. The molecule has 0 saturated carbocycles. The summed E-state index contributed by atoms with van der Waals surface area (Å²) < 4.78 is 0. The molecule has 0 fully saturated rings. The van der Waals surface area contributed by atoms with Crippen molar-refractivity contribution in [3.05, 3.63) is 23.1 Å². The first-order chi connectivity index (χ1) is 6.76. The van der Waals surface area contributed by atoms with Gasteiger partial charge in [0, 0.05) is 4.91 Å². The highest BCUT2D eigenvalue weighted by atomic mass is 16.3. The lowest BCUT2D eigenvalue weighted by atomic mass is 10.0. The van der Waals surface area contributed by atoms with Crippen LogP contribution in [0.3, 0.4) is 0 Å². The van der Waals surface area contributed by atoms with Crippen LogP contribution in [0.1, 0.15) is 25.7 Å². The van der Waals surface area contributed by atoms with Gasteiger partial charge in [0.05, 0.1) is 18.8 Å². The van der Waals surface area contributed by atoms with Crippen LogP contribution in [0.5, 0.6) is 0 Å². The average Bonchev–Trinajstić information content (AvgIpc) is 2.21. The first-order valence-electron chi connectivity index (χ1n) is 4.70. The quantitative estimate of drug-likeness (QED) is 0.205. The summed E-state index contributed by atoms with van der Waals surface area (Å²) in [5.74, 6) is 0. The molecule has 0 bridgehead atoms. The molecule has 0 saturated heterocycles. The van der Waals surface area contributed by atoms with Gasteiger partial charge in [-0.3, -0.25) is 0 Å². The lowest BCUT2D eigenvalue weighted by Gasteiger charge is -2.15. The third-order valence-corrected chi connectivity index (χ3v) is 1.99. The first-order valence-corrected chi connectivity index (χ1v) is 4.70. The normalized spacial score (nSPS) is 14.1. The molecule has 5 nitrogen and oxygen atoms in total. The van der Waals surface area contributed by atoms with E-state index in [4.69, 9.17) is 10.6 Å². The minimum atomic E-state index is -0.949. The smallest absolute Gasteiger partial charge is 0.0855 e. The molecule has 14 heavy (non-hydrogen) atoms. The summed E-state index contributed by atoms with van der Waals surface area (Å²) in [6.45, 7) is 3.22. The average molecular weight is 199 g/mol. The van der Waals surface area contributed by atoms with E-state index in [0.29, 0.717) is 6.42 Å². The van der Waals surface area contributed by atoms with Gasteiger partial charge in [0.25, 0.3) is 0 Å². The molecule has 0 aliphatic rings. The number of azide groups is 1. The maximum atomic E-state index is 9.27. The van der Waals surface area contributed by atoms with Gasteiger partial charge in [-0.25, -0.2) is 0 Å². The molecule has 0 aromatic rings. The summed E-state index contributed by atoms with van der Waals surface area (Å²) in [6, 6.07) is -0.519. The number of unbranched alkanes of at least 4 members (excludes halogenated alkanes) is 2. The van der Waals surface area contributed by atoms with Gasteiger partial charge < -0.3 is 10.2 Å². The second-order valence-electron chi connectivity index (χ2n) is 3.10. The van der Waals surface area contributed by atoms with Crippen LogP contribution in [0.15, 0.2) is 17.8 Å². The molecule has 0 spiro atoms. The summed E-state index contributed by atoms with van der Waals surface area (Å²) in [4.78, 5) is 2.64. The monoisotopic (exact) mass is 199 g/mol. The predicted octanol–water partition coefficient (Wildman–Crippen LogP) is 1.76. The van der Waals surface area contributed by atoms with Crippen molar-refractivity contribution in [2.75, 3.05) is 6.61 Å². The van der Waals surface area contributed by atoms with Crippen molar-refractivity contribution in [1.29, 1.82) is 0 Å². The Morgan fingerprint density at radius 1 is 1.50 bits per heavy atom. The lowest BCUT2D eigenvalue weighted by Crippen LogP contribution is -2.27. The zero-order chi connectivity index (χ0) is 10.8. The number of aliphatic hydroxyl groups is 2. The molecule has 2 N–H and O–H groups in total. The van der Waals surface area contributed by atoms with E-state index in [1.54, 1.807) is 0 Å². The van der Waals surface area contributed by atoms with E-state index < -0.39 is 12.1 Å². The highest BCUT2D eigenvalue weighted by molar-refractivity contribution is 4.76. The Bertz CT molecular complexity index is 202. The zero-order valence-corrected chi connectivity index (χ0v) is 8.21. The van der Waals surface area contributed by atoms with E-state index in [-0.39, 0.29) is 6.61 Å². The van der Waals surface area contributed by atoms with E-state index in [2.05, 4.69) is 16.6 Å². The molecule has 0 aliphatic heterocycles. The van der Waals surface area contributed by atoms with Crippen molar-refractivity contribution in [3.8, 4) is 0 Å². The van der Waals surface area contributed by atoms with Gasteiger partial charge in [-0.2, -0.15) is 0 Å². The van der Waals surface area contributed by atoms with Gasteiger partial charge in [0.2, 0.25) is 0 Å². The lowest BCUT2D eigenvalue weighted by molar-refractivity contribution is 0.0712. The van der Waals surface area contributed by atoms with Gasteiger partial charge >= 0.3 is 0 Å². The van der Waals surface area contributed by atoms with E-state index in [9.17, 15) is 5.11 Å². The molecule has 0 heterocycles. The number of aliphatic hydroxyl groups excluding tert-OH is 2. The zero-order valence-electron chi connectivity index (χ0n) is 8.21. The van der Waals surface area contributed by atoms with Crippen LogP contribution in [0.25, 0.3) is 10.4 Å². The van der Waals surface area contributed by atoms with Crippen molar-refractivity contribution in [2.45, 2.75) is 37.8 Å². The molecule has 2 atom stereocenters. The van der Waals surface area contributed by atoms with E-state index >= 15 is 0 Å². The van der Waals surface area contributed by atoms with Crippen molar-refractivity contribution < 1.29 is 10.2 Å². The Kier molecular flexibility index (Phi) is 7.93. The third kappa shape index (κ3) is 5.59. The van der Waals surface area contributed by atoms with Crippen LogP contribution in [0, 0.1) is 0 Å². The molecule has 0 aromatic carbocycles. The predicted molar refractivity (Wildman–Crippen MR) is 54.7 cm³/mol. The largest absolute Gasteiger partial charge is 0.394 e. The van der Waals surface area contributed by atoms with Crippen molar-refractivity contribution in [1.82, 2.24) is 0 Å². The molecule has 0 amide bonds. The molecule has 80 valence electrons. The highest BCUT2D eigenvalue weighted by Crippen LogP contribution is 2.11. The van der Waals surface area contributed by atoms with Crippen molar-refractivity contribution in [2.24, 2.45) is 5.11 Å². The Balaban J connectivity index is 3.84. The fourth-order valence-electron chi connectivity index (χ4n) is 1.16. The fourth-order valence-corrected chi connectivity index (χ4v) is 1.16. The number of allylic oxidation sites excluding steroid dienone is 1. The molecular formula is C9H17N3O2. The van der Waals surface area contributed by atoms with Gasteiger partial charge in [0.15, 0.2) is 0 Å². The molecule has 0 rings (SSSR count). The number of hydrogen-bond donors (Lipinski definition) is 2. The molecule has 0 aromatic heterocycles. The number of nitrogens with zero attached hydrogens (tertiary/aromatic N) is 3. The summed E-state index contributed by atoms with van der Waals surface area (Å²) in [6.07, 6.45) is 4.20. The van der Waals surface area contributed by atoms with Crippen LogP contribution in [0.4, 0.5) is 0 Å². The van der Waals surface area contributed by atoms with Gasteiger partial charge in [-0.05, 0) is 24.8 Å². The highest BCUT2D eigenvalue weighted by Gasteiger charge is 2.15. The Hall–Kier alpha value is -1.03. The topological polar surface area (TPSA) is 89.2 Å². The standard InChI is InChI=1S/C9H17N3O2/c1-2-3-4-5-6-8(11-12-10)9(14)7-13/h2,8-9,13-14H,1,3-7H2/t8-,9+/m0/s1. The van der Waals surface area contributed by atoms with Gasteiger partial charge in [-0.1, -0.05) is 17.6 Å². The van der Waals surface area contributed by atoms with Crippen LogP contribution in [-0.4, -0.2) is 29.0 Å². The molecule has 0 radical (unpaired) electrons. The van der Waals surface area contributed by atoms with Crippen molar-refractivity contribution in [3.63, 3.8) is 0 Å². The number of rotatable bonds is 8.